The molecular formula is C16H13FN2O6. The minimum absolute atomic E-state index is 0.00996. The third-order valence-electron chi connectivity index (χ3n) is 2.92. The lowest BCUT2D eigenvalue weighted by Crippen LogP contribution is -2.20. The van der Waals surface area contributed by atoms with Crippen molar-refractivity contribution < 1.29 is 28.1 Å². The van der Waals surface area contributed by atoms with Gasteiger partial charge < -0.3 is 14.5 Å². The van der Waals surface area contributed by atoms with E-state index in [-0.39, 0.29) is 5.69 Å². The fraction of sp³-hybridized carbons (Fsp3) is 0.125. The number of ether oxygens (including phenoxy) is 1. The average molecular weight is 348 g/mol. The fourth-order valence-electron chi connectivity index (χ4n) is 1.81. The van der Waals surface area contributed by atoms with Crippen molar-refractivity contribution >= 4 is 29.3 Å². The predicted octanol–water partition coefficient (Wildman–Crippen LogP) is 2.83. The standard InChI is InChI=1S/C16H13FN2O6/c1-10-2-4-12(25-10)5-7-16(21)24-9-15(20)18-11-3-6-13(17)14(8-11)19(22)23/h2-8H,9H2,1H3,(H,18,20). The highest BCUT2D eigenvalue weighted by molar-refractivity contribution is 5.94. The predicted molar refractivity (Wildman–Crippen MR) is 85.1 cm³/mol. The molecular weight excluding hydrogens is 335 g/mol. The van der Waals surface area contributed by atoms with Gasteiger partial charge in [-0.05, 0) is 37.3 Å². The number of benzene rings is 1. The maximum atomic E-state index is 13.2. The molecule has 0 saturated heterocycles. The van der Waals surface area contributed by atoms with Crippen LogP contribution in [0.4, 0.5) is 15.8 Å². The lowest BCUT2D eigenvalue weighted by atomic mass is 10.2. The van der Waals surface area contributed by atoms with Crippen LogP contribution in [0, 0.1) is 22.9 Å². The van der Waals surface area contributed by atoms with Gasteiger partial charge in [0, 0.05) is 17.8 Å². The molecule has 0 saturated carbocycles. The minimum atomic E-state index is -1.02. The fourth-order valence-corrected chi connectivity index (χ4v) is 1.81. The van der Waals surface area contributed by atoms with E-state index in [0.717, 1.165) is 24.3 Å². The Balaban J connectivity index is 1.86. The van der Waals surface area contributed by atoms with Gasteiger partial charge in [0.25, 0.3) is 5.91 Å². The molecule has 130 valence electrons. The number of nitro groups is 1. The highest BCUT2D eigenvalue weighted by atomic mass is 19.1. The number of rotatable bonds is 6. The van der Waals surface area contributed by atoms with Gasteiger partial charge in [-0.1, -0.05) is 0 Å². The topological polar surface area (TPSA) is 112 Å². The molecule has 0 bridgehead atoms. The van der Waals surface area contributed by atoms with Crippen molar-refractivity contribution in [3.05, 3.63) is 63.9 Å². The molecule has 0 radical (unpaired) electrons. The highest BCUT2D eigenvalue weighted by Gasteiger charge is 2.15. The number of anilines is 1. The first kappa shape index (κ1) is 17.9. The first-order chi connectivity index (χ1) is 11.8. The summed E-state index contributed by atoms with van der Waals surface area (Å²) < 4.78 is 23.1. The van der Waals surface area contributed by atoms with Crippen LogP contribution in [0.3, 0.4) is 0 Å². The number of nitrogens with one attached hydrogen (secondary N) is 1. The Hall–Kier alpha value is -3.49. The van der Waals surface area contributed by atoms with E-state index in [4.69, 9.17) is 9.15 Å². The molecule has 0 atom stereocenters. The Morgan fingerprint density at radius 1 is 1.36 bits per heavy atom. The molecule has 1 amide bonds. The molecule has 1 heterocycles. The Morgan fingerprint density at radius 3 is 2.76 bits per heavy atom. The van der Waals surface area contributed by atoms with Crippen molar-refractivity contribution in [2.45, 2.75) is 6.92 Å². The van der Waals surface area contributed by atoms with Crippen LogP contribution in [-0.2, 0) is 14.3 Å². The Bertz CT molecular complexity index is 843. The number of carbonyl (C=O) groups is 2. The lowest BCUT2D eigenvalue weighted by Gasteiger charge is -2.05. The number of carbonyl (C=O) groups excluding carboxylic acids is 2. The summed E-state index contributed by atoms with van der Waals surface area (Å²) in [6, 6.07) is 6.26. The summed E-state index contributed by atoms with van der Waals surface area (Å²) in [5.41, 5.74) is -0.762. The van der Waals surface area contributed by atoms with E-state index in [1.807, 2.05) is 0 Å². The Morgan fingerprint density at radius 2 is 2.12 bits per heavy atom. The third kappa shape index (κ3) is 5.27. The summed E-state index contributed by atoms with van der Waals surface area (Å²) in [6.07, 6.45) is 2.48. The molecule has 0 aliphatic heterocycles. The second-order valence-electron chi connectivity index (χ2n) is 4.86. The quantitative estimate of drug-likeness (QED) is 0.372. The van der Waals surface area contributed by atoms with Crippen molar-refractivity contribution in [3.63, 3.8) is 0 Å². The van der Waals surface area contributed by atoms with Crippen LogP contribution in [0.2, 0.25) is 0 Å². The number of hydrogen-bond donors (Lipinski definition) is 1. The molecule has 2 aromatic rings. The van der Waals surface area contributed by atoms with Gasteiger partial charge in [-0.2, -0.15) is 4.39 Å². The molecule has 8 nitrogen and oxygen atoms in total. The molecule has 1 aromatic heterocycles. The first-order valence-corrected chi connectivity index (χ1v) is 7.00. The van der Waals surface area contributed by atoms with Crippen molar-refractivity contribution in [1.82, 2.24) is 0 Å². The zero-order valence-corrected chi connectivity index (χ0v) is 13.0. The zero-order valence-electron chi connectivity index (χ0n) is 13.0. The normalized spacial score (nSPS) is 10.6. The summed E-state index contributed by atoms with van der Waals surface area (Å²) >= 11 is 0. The van der Waals surface area contributed by atoms with Crippen molar-refractivity contribution in [2.24, 2.45) is 0 Å². The van der Waals surface area contributed by atoms with E-state index in [1.54, 1.807) is 19.1 Å². The van der Waals surface area contributed by atoms with Crippen LogP contribution < -0.4 is 5.32 Å². The van der Waals surface area contributed by atoms with E-state index in [2.05, 4.69) is 5.32 Å². The van der Waals surface area contributed by atoms with Gasteiger partial charge in [0.1, 0.15) is 11.5 Å². The van der Waals surface area contributed by atoms with E-state index < -0.39 is 34.9 Å². The molecule has 0 aliphatic rings. The largest absolute Gasteiger partial charge is 0.462 e. The molecule has 0 aliphatic carbocycles. The summed E-state index contributed by atoms with van der Waals surface area (Å²) in [6.45, 7) is 1.14. The summed E-state index contributed by atoms with van der Waals surface area (Å²) in [5, 5.41) is 12.9. The van der Waals surface area contributed by atoms with Crippen LogP contribution in [0.25, 0.3) is 6.08 Å². The maximum absolute atomic E-state index is 13.2. The molecule has 0 fully saturated rings. The highest BCUT2D eigenvalue weighted by Crippen LogP contribution is 2.21. The molecule has 1 aromatic carbocycles. The minimum Gasteiger partial charge on any atom is -0.462 e. The number of nitrogens with zero attached hydrogens (tertiary/aromatic N) is 1. The number of aryl methyl sites for hydroxylation is 1. The molecule has 2 rings (SSSR count). The van der Waals surface area contributed by atoms with Crippen molar-refractivity contribution in [2.75, 3.05) is 11.9 Å². The summed E-state index contributed by atoms with van der Waals surface area (Å²) in [5.74, 6) is -1.38. The van der Waals surface area contributed by atoms with Gasteiger partial charge in [0.2, 0.25) is 5.82 Å². The van der Waals surface area contributed by atoms with E-state index >= 15 is 0 Å². The average Bonchev–Trinajstić information content (AvgIpc) is 2.98. The second-order valence-corrected chi connectivity index (χ2v) is 4.86. The number of halogens is 1. The number of furan rings is 1. The molecule has 25 heavy (non-hydrogen) atoms. The SMILES string of the molecule is Cc1ccc(C=CC(=O)OCC(=O)Nc2ccc(F)c([N+](=O)[O-])c2)o1. The van der Waals surface area contributed by atoms with Gasteiger partial charge in [-0.15, -0.1) is 0 Å². The maximum Gasteiger partial charge on any atom is 0.331 e. The van der Waals surface area contributed by atoms with Gasteiger partial charge in [-0.25, -0.2) is 4.79 Å². The van der Waals surface area contributed by atoms with Gasteiger partial charge in [0.15, 0.2) is 6.61 Å². The molecule has 0 unspecified atom stereocenters. The smallest absolute Gasteiger partial charge is 0.331 e. The van der Waals surface area contributed by atoms with Crippen LogP contribution in [0.15, 0.2) is 40.8 Å². The van der Waals surface area contributed by atoms with Crippen molar-refractivity contribution in [3.8, 4) is 0 Å². The number of esters is 1. The Labute approximate surface area is 141 Å². The van der Waals surface area contributed by atoms with Gasteiger partial charge in [-0.3, -0.25) is 14.9 Å². The van der Waals surface area contributed by atoms with E-state index in [0.29, 0.717) is 11.5 Å². The van der Waals surface area contributed by atoms with Crippen LogP contribution >= 0.6 is 0 Å². The number of amides is 1. The first-order valence-electron chi connectivity index (χ1n) is 7.00. The second kappa shape index (κ2) is 7.86. The van der Waals surface area contributed by atoms with Crippen molar-refractivity contribution in [1.29, 1.82) is 0 Å². The lowest BCUT2D eigenvalue weighted by molar-refractivity contribution is -0.387. The van der Waals surface area contributed by atoms with Gasteiger partial charge in [0.05, 0.1) is 4.92 Å². The molecule has 9 heteroatoms. The zero-order chi connectivity index (χ0) is 18.4. The van der Waals surface area contributed by atoms with Crippen LogP contribution in [0.1, 0.15) is 11.5 Å². The van der Waals surface area contributed by atoms with E-state index in [1.165, 1.54) is 6.08 Å². The third-order valence-corrected chi connectivity index (χ3v) is 2.92. The van der Waals surface area contributed by atoms with Gasteiger partial charge >= 0.3 is 11.7 Å². The molecule has 1 N–H and O–H groups in total. The van der Waals surface area contributed by atoms with E-state index in [9.17, 15) is 24.1 Å². The number of nitro benzene ring substituents is 1. The summed E-state index contributed by atoms with van der Waals surface area (Å²) in [7, 11) is 0. The Kier molecular flexibility index (Phi) is 5.62. The monoisotopic (exact) mass is 348 g/mol. The van der Waals surface area contributed by atoms with Crippen LogP contribution in [0.5, 0.6) is 0 Å². The summed E-state index contributed by atoms with van der Waals surface area (Å²) in [4.78, 5) is 32.9. The molecule has 0 spiro atoms. The van der Waals surface area contributed by atoms with Crippen LogP contribution in [-0.4, -0.2) is 23.4 Å². The number of hydrogen-bond acceptors (Lipinski definition) is 6.